The summed E-state index contributed by atoms with van der Waals surface area (Å²) in [6, 6.07) is 2.60. The van der Waals surface area contributed by atoms with Crippen LogP contribution in [-0.2, 0) is 11.2 Å². The van der Waals surface area contributed by atoms with Crippen LogP contribution >= 0.6 is 11.8 Å². The molecule has 1 unspecified atom stereocenters. The minimum Gasteiger partial charge on any atom is -0.298 e. The Bertz CT molecular complexity index is 417. The van der Waals surface area contributed by atoms with Gasteiger partial charge in [-0.25, -0.2) is 0 Å². The van der Waals surface area contributed by atoms with Crippen molar-refractivity contribution in [1.82, 2.24) is 9.78 Å². The maximum Gasteiger partial charge on any atom is 0.151 e. The SMILES string of the molecule is O=C(Cc1ccn(C2CCCC2)n1)C1CCCS1. The van der Waals surface area contributed by atoms with Crippen LogP contribution in [0.5, 0.6) is 0 Å². The van der Waals surface area contributed by atoms with Gasteiger partial charge in [0.2, 0.25) is 0 Å². The first-order chi connectivity index (χ1) is 8.83. The van der Waals surface area contributed by atoms with Crippen LogP contribution in [0.3, 0.4) is 0 Å². The highest BCUT2D eigenvalue weighted by atomic mass is 32.2. The number of thioether (sulfide) groups is 1. The molecule has 2 aliphatic rings. The van der Waals surface area contributed by atoms with E-state index in [1.165, 1.54) is 32.1 Å². The number of aromatic nitrogens is 2. The van der Waals surface area contributed by atoms with E-state index in [2.05, 4.69) is 16.0 Å². The van der Waals surface area contributed by atoms with Crippen LogP contribution in [-0.4, -0.2) is 26.6 Å². The minimum atomic E-state index is 0.238. The van der Waals surface area contributed by atoms with E-state index < -0.39 is 0 Å². The molecule has 0 radical (unpaired) electrons. The summed E-state index contributed by atoms with van der Waals surface area (Å²) in [7, 11) is 0. The normalized spacial score (nSPS) is 24.8. The van der Waals surface area contributed by atoms with Crippen LogP contribution in [0, 0.1) is 0 Å². The fourth-order valence-electron chi connectivity index (χ4n) is 2.97. The highest BCUT2D eigenvalue weighted by Gasteiger charge is 2.24. The molecule has 98 valence electrons. The molecule has 0 amide bonds. The van der Waals surface area contributed by atoms with Gasteiger partial charge in [-0.05, 0) is 37.5 Å². The third kappa shape index (κ3) is 2.63. The van der Waals surface area contributed by atoms with Gasteiger partial charge in [0.05, 0.1) is 23.4 Å². The second kappa shape index (κ2) is 5.47. The van der Waals surface area contributed by atoms with Crippen LogP contribution in [0.25, 0.3) is 0 Å². The molecule has 3 rings (SSSR count). The van der Waals surface area contributed by atoms with Gasteiger partial charge in [0, 0.05) is 6.20 Å². The molecule has 2 heterocycles. The molecule has 1 aromatic rings. The summed E-state index contributed by atoms with van der Waals surface area (Å²) in [5.74, 6) is 1.52. The Labute approximate surface area is 112 Å². The molecule has 1 aromatic heterocycles. The largest absolute Gasteiger partial charge is 0.298 e. The Balaban J connectivity index is 1.60. The molecule has 18 heavy (non-hydrogen) atoms. The van der Waals surface area contributed by atoms with Crippen molar-refractivity contribution in [3.8, 4) is 0 Å². The summed E-state index contributed by atoms with van der Waals surface area (Å²) in [6.07, 6.45) is 9.96. The van der Waals surface area contributed by atoms with Gasteiger partial charge in [-0.1, -0.05) is 12.8 Å². The standard InChI is InChI=1S/C14H20N2OS/c17-13(14-6-3-9-18-14)10-11-7-8-16(15-11)12-4-1-2-5-12/h7-8,12,14H,1-6,9-10H2. The lowest BCUT2D eigenvalue weighted by atomic mass is 10.1. The number of hydrogen-bond donors (Lipinski definition) is 0. The van der Waals surface area contributed by atoms with Crippen molar-refractivity contribution in [3.63, 3.8) is 0 Å². The minimum absolute atomic E-state index is 0.238. The van der Waals surface area contributed by atoms with Gasteiger partial charge in [-0.3, -0.25) is 9.48 Å². The molecular weight excluding hydrogens is 244 g/mol. The summed E-state index contributed by atoms with van der Waals surface area (Å²) in [5.41, 5.74) is 0.958. The molecule has 1 aliphatic heterocycles. The van der Waals surface area contributed by atoms with Crippen molar-refractivity contribution >= 4 is 17.5 Å². The van der Waals surface area contributed by atoms with Gasteiger partial charge in [-0.2, -0.15) is 16.9 Å². The quantitative estimate of drug-likeness (QED) is 0.838. The van der Waals surface area contributed by atoms with E-state index in [-0.39, 0.29) is 5.25 Å². The van der Waals surface area contributed by atoms with Gasteiger partial charge in [0.1, 0.15) is 0 Å². The van der Waals surface area contributed by atoms with E-state index >= 15 is 0 Å². The Morgan fingerprint density at radius 3 is 2.89 bits per heavy atom. The van der Waals surface area contributed by atoms with E-state index in [1.807, 2.05) is 17.8 Å². The molecule has 1 aliphatic carbocycles. The molecule has 0 spiro atoms. The number of carbonyl (C=O) groups excluding carboxylic acids is 1. The van der Waals surface area contributed by atoms with Gasteiger partial charge in [0.25, 0.3) is 0 Å². The summed E-state index contributed by atoms with van der Waals surface area (Å²) in [6.45, 7) is 0. The van der Waals surface area contributed by atoms with Gasteiger partial charge < -0.3 is 0 Å². The van der Waals surface area contributed by atoms with E-state index in [0.717, 1.165) is 17.9 Å². The van der Waals surface area contributed by atoms with Crippen LogP contribution in [0.1, 0.15) is 50.3 Å². The summed E-state index contributed by atoms with van der Waals surface area (Å²) in [4.78, 5) is 12.1. The fourth-order valence-corrected chi connectivity index (χ4v) is 4.19. The topological polar surface area (TPSA) is 34.9 Å². The number of ketones is 1. The molecular formula is C14H20N2OS. The maximum absolute atomic E-state index is 12.1. The molecule has 2 fully saturated rings. The van der Waals surface area contributed by atoms with E-state index in [4.69, 9.17) is 0 Å². The second-order valence-electron chi connectivity index (χ2n) is 5.37. The highest BCUT2D eigenvalue weighted by Crippen LogP contribution is 2.29. The molecule has 4 heteroatoms. The predicted octanol–water partition coefficient (Wildman–Crippen LogP) is 3.01. The van der Waals surface area contributed by atoms with E-state index in [0.29, 0.717) is 18.2 Å². The number of carbonyl (C=O) groups is 1. The first-order valence-electron chi connectivity index (χ1n) is 7.01. The third-order valence-electron chi connectivity index (χ3n) is 4.01. The highest BCUT2D eigenvalue weighted by molar-refractivity contribution is 8.00. The third-order valence-corrected chi connectivity index (χ3v) is 5.43. The lowest BCUT2D eigenvalue weighted by Crippen LogP contribution is -2.17. The van der Waals surface area contributed by atoms with Crippen molar-refractivity contribution in [2.75, 3.05) is 5.75 Å². The molecule has 1 saturated carbocycles. The smallest absolute Gasteiger partial charge is 0.151 e. The number of Topliss-reactive ketones (excluding diaryl/α,β-unsaturated/α-hetero) is 1. The fraction of sp³-hybridized carbons (Fsp3) is 0.714. The van der Waals surface area contributed by atoms with E-state index in [1.54, 1.807) is 0 Å². The van der Waals surface area contributed by atoms with Gasteiger partial charge in [-0.15, -0.1) is 0 Å². The average Bonchev–Trinajstić information content (AvgIpc) is 3.12. The summed E-state index contributed by atoms with van der Waals surface area (Å²) < 4.78 is 2.08. The number of nitrogens with zero attached hydrogens (tertiary/aromatic N) is 2. The lowest BCUT2D eigenvalue weighted by molar-refractivity contribution is -0.118. The lowest BCUT2D eigenvalue weighted by Gasteiger charge is -2.09. The van der Waals surface area contributed by atoms with Crippen LogP contribution < -0.4 is 0 Å². The zero-order valence-corrected chi connectivity index (χ0v) is 11.5. The second-order valence-corrected chi connectivity index (χ2v) is 6.68. The van der Waals surface area contributed by atoms with Crippen molar-refractivity contribution in [3.05, 3.63) is 18.0 Å². The number of rotatable bonds is 4. The molecule has 1 atom stereocenters. The Hall–Kier alpha value is -0.770. The summed E-state index contributed by atoms with van der Waals surface area (Å²) in [5, 5.41) is 4.83. The van der Waals surface area contributed by atoms with Crippen molar-refractivity contribution < 1.29 is 4.79 Å². The van der Waals surface area contributed by atoms with Gasteiger partial charge in [0.15, 0.2) is 5.78 Å². The van der Waals surface area contributed by atoms with Crippen LogP contribution in [0.15, 0.2) is 12.3 Å². The Kier molecular flexibility index (Phi) is 3.73. The molecule has 0 N–H and O–H groups in total. The van der Waals surface area contributed by atoms with Crippen LogP contribution in [0.2, 0.25) is 0 Å². The summed E-state index contributed by atoms with van der Waals surface area (Å²) >= 11 is 1.82. The monoisotopic (exact) mass is 264 g/mol. The maximum atomic E-state index is 12.1. The Morgan fingerprint density at radius 2 is 2.17 bits per heavy atom. The van der Waals surface area contributed by atoms with E-state index in [9.17, 15) is 4.79 Å². The Morgan fingerprint density at radius 1 is 1.33 bits per heavy atom. The number of hydrogen-bond acceptors (Lipinski definition) is 3. The molecule has 1 saturated heterocycles. The van der Waals surface area contributed by atoms with Crippen LogP contribution in [0.4, 0.5) is 0 Å². The molecule has 0 aromatic carbocycles. The van der Waals surface area contributed by atoms with Crippen molar-refractivity contribution in [2.45, 2.75) is 56.2 Å². The van der Waals surface area contributed by atoms with Crippen molar-refractivity contribution in [2.24, 2.45) is 0 Å². The zero-order chi connectivity index (χ0) is 12.4. The first kappa shape index (κ1) is 12.3. The molecule has 3 nitrogen and oxygen atoms in total. The molecule has 0 bridgehead atoms. The predicted molar refractivity (Wildman–Crippen MR) is 73.9 cm³/mol. The first-order valence-corrected chi connectivity index (χ1v) is 8.06. The average molecular weight is 264 g/mol. The van der Waals surface area contributed by atoms with Gasteiger partial charge >= 0.3 is 0 Å². The zero-order valence-electron chi connectivity index (χ0n) is 10.7. The van der Waals surface area contributed by atoms with Crippen molar-refractivity contribution in [1.29, 1.82) is 0 Å².